The van der Waals surface area contributed by atoms with Crippen LogP contribution in [0.5, 0.6) is 11.5 Å². The number of carbonyl (C=O) groups is 2. The Kier molecular flexibility index (Phi) is 9.62. The predicted octanol–water partition coefficient (Wildman–Crippen LogP) is 7.21. The first-order chi connectivity index (χ1) is 17.4. The van der Waals surface area contributed by atoms with E-state index < -0.39 is 22.1 Å². The summed E-state index contributed by atoms with van der Waals surface area (Å²) in [5, 5.41) is 1.19. The third-order valence-electron chi connectivity index (χ3n) is 4.94. The van der Waals surface area contributed by atoms with Gasteiger partial charge in [-0.25, -0.2) is 18.0 Å². The third-order valence-corrected chi connectivity index (χ3v) is 10.5. The molecule has 0 aromatic heterocycles. The molecule has 0 spiro atoms. The molecule has 7 nitrogen and oxygen atoms in total. The molecule has 0 fully saturated rings. The summed E-state index contributed by atoms with van der Waals surface area (Å²) in [6, 6.07) is 16.6. The molecule has 4 aromatic carbocycles. The number of esters is 2. The van der Waals surface area contributed by atoms with E-state index in [4.69, 9.17) is 9.47 Å². The zero-order valence-electron chi connectivity index (χ0n) is 17.9. The molecule has 4 rings (SSSR count). The first-order valence-electron chi connectivity index (χ1n) is 9.92. The van der Waals surface area contributed by atoms with Gasteiger partial charge in [0.2, 0.25) is 0 Å². The fourth-order valence-electron chi connectivity index (χ4n) is 3.43. The van der Waals surface area contributed by atoms with Crippen LogP contribution in [0.3, 0.4) is 0 Å². The van der Waals surface area contributed by atoms with Crippen molar-refractivity contribution >= 4 is 146 Å². The lowest BCUT2D eigenvalue weighted by molar-refractivity contribution is 0.0692. The Balaban J connectivity index is 1.78. The molecule has 0 saturated carbocycles. The Bertz CT molecular complexity index is 1660. The van der Waals surface area contributed by atoms with Gasteiger partial charge in [0.15, 0.2) is 5.75 Å². The average Bonchev–Trinajstić information content (AvgIpc) is 2.79. The van der Waals surface area contributed by atoms with Crippen LogP contribution in [0.15, 0.2) is 65.6 Å². The molecule has 0 bridgehead atoms. The van der Waals surface area contributed by atoms with Crippen molar-refractivity contribution in [2.75, 3.05) is 0 Å². The zero-order valence-corrected chi connectivity index (χ0v) is 29.5. The summed E-state index contributed by atoms with van der Waals surface area (Å²) in [7, 11) is -4.72. The minimum Gasteiger partial charge on any atom is -0.744 e. The van der Waals surface area contributed by atoms with E-state index in [2.05, 4.69) is 67.8 Å². The zero-order chi connectivity index (χ0) is 27.1. The van der Waals surface area contributed by atoms with Crippen LogP contribution in [0.2, 0.25) is 0 Å². The van der Waals surface area contributed by atoms with Crippen molar-refractivity contribution in [3.63, 3.8) is 0 Å². The molecule has 0 aliphatic carbocycles. The van der Waals surface area contributed by atoms with E-state index in [0.717, 1.165) is 10.7 Å². The standard InChI is InChI=1S/C24H11I5O7S/c25-12-7-16(26)21(17(27)8-12)36-23(30)15-6-5-11-3-1-2-4-14(11)20(15)24(31)35-13-9-18(28)22(19(29)10-13)37(32,33)34/h1-10H,(H,32,33,34)/p-1. The molecule has 190 valence electrons. The van der Waals surface area contributed by atoms with Crippen molar-refractivity contribution < 1.29 is 32.0 Å². The van der Waals surface area contributed by atoms with Gasteiger partial charge in [0.1, 0.15) is 15.9 Å². The smallest absolute Gasteiger partial charge is 0.345 e. The number of hydrogen-bond donors (Lipinski definition) is 0. The molecule has 0 aliphatic rings. The molecule has 0 unspecified atom stereocenters. The SMILES string of the molecule is O=C(Oc1c(I)cc(I)cc1I)c1ccc2ccccc2c1C(=O)Oc1cc(I)c(S(=O)(=O)[O-])c(I)c1. The lowest BCUT2D eigenvalue weighted by Crippen LogP contribution is -2.19. The van der Waals surface area contributed by atoms with Crippen molar-refractivity contribution in [3.05, 3.63) is 89.6 Å². The molecule has 0 atom stereocenters. The van der Waals surface area contributed by atoms with Gasteiger partial charge in [-0.15, -0.1) is 0 Å². The number of benzene rings is 4. The molecule has 0 aliphatic heterocycles. The summed E-state index contributed by atoms with van der Waals surface area (Å²) in [6.45, 7) is 0. The average molecular weight is 1080 g/mol. The summed E-state index contributed by atoms with van der Waals surface area (Å²) in [5.74, 6) is -1.15. The largest absolute Gasteiger partial charge is 0.744 e. The van der Waals surface area contributed by atoms with Gasteiger partial charge in [-0.3, -0.25) is 0 Å². The first kappa shape index (κ1) is 29.6. The van der Waals surface area contributed by atoms with E-state index in [1.807, 2.05) is 12.1 Å². The van der Waals surface area contributed by atoms with Gasteiger partial charge in [0.05, 0.1) is 23.2 Å². The third kappa shape index (κ3) is 6.69. The molecule has 4 aromatic rings. The monoisotopic (exact) mass is 1080 g/mol. The van der Waals surface area contributed by atoms with Gasteiger partial charge in [-0.1, -0.05) is 30.3 Å². The number of rotatable bonds is 5. The highest BCUT2D eigenvalue weighted by atomic mass is 127. The summed E-state index contributed by atoms with van der Waals surface area (Å²) in [4.78, 5) is 26.4. The summed E-state index contributed by atoms with van der Waals surface area (Å²) in [6.07, 6.45) is 0. The van der Waals surface area contributed by atoms with Crippen LogP contribution in [0.4, 0.5) is 0 Å². The van der Waals surface area contributed by atoms with Crippen LogP contribution in [-0.4, -0.2) is 24.9 Å². The first-order valence-corrected chi connectivity index (χ1v) is 16.7. The number of halogens is 5. The number of carbonyl (C=O) groups excluding carboxylic acids is 2. The number of fused-ring (bicyclic) bond motifs is 1. The lowest BCUT2D eigenvalue weighted by atomic mass is 9.99. The highest BCUT2D eigenvalue weighted by Crippen LogP contribution is 2.33. The van der Waals surface area contributed by atoms with Crippen molar-refractivity contribution in [2.45, 2.75) is 4.90 Å². The van der Waals surface area contributed by atoms with Crippen LogP contribution >= 0.6 is 113 Å². The lowest BCUT2D eigenvalue weighted by Gasteiger charge is -2.15. The Hall–Kier alpha value is -0.360. The molecule has 0 N–H and O–H groups in total. The van der Waals surface area contributed by atoms with Crippen molar-refractivity contribution in [2.24, 2.45) is 0 Å². The van der Waals surface area contributed by atoms with Crippen molar-refractivity contribution in [1.29, 1.82) is 0 Å². The molecule has 0 saturated heterocycles. The van der Waals surface area contributed by atoms with Crippen LogP contribution in [0.1, 0.15) is 20.7 Å². The van der Waals surface area contributed by atoms with Gasteiger partial charge in [-0.2, -0.15) is 0 Å². The van der Waals surface area contributed by atoms with Crippen molar-refractivity contribution in [1.82, 2.24) is 0 Å². The van der Waals surface area contributed by atoms with Crippen LogP contribution < -0.4 is 9.47 Å². The number of ether oxygens (including phenoxy) is 2. The maximum atomic E-state index is 13.5. The summed E-state index contributed by atoms with van der Waals surface area (Å²) in [5.41, 5.74) is 0.0150. The summed E-state index contributed by atoms with van der Waals surface area (Å²) < 4.78 is 48.8. The predicted molar refractivity (Wildman–Crippen MR) is 178 cm³/mol. The highest BCUT2D eigenvalue weighted by Gasteiger charge is 2.25. The molecule has 0 radical (unpaired) electrons. The minimum atomic E-state index is -4.72. The van der Waals surface area contributed by atoms with Gasteiger partial charge in [0, 0.05) is 10.7 Å². The van der Waals surface area contributed by atoms with Crippen LogP contribution in [0, 0.1) is 17.9 Å². The van der Waals surface area contributed by atoms with Gasteiger partial charge in [0.25, 0.3) is 0 Å². The van der Waals surface area contributed by atoms with Crippen molar-refractivity contribution in [3.8, 4) is 11.5 Å². The van der Waals surface area contributed by atoms with E-state index in [-0.39, 0.29) is 28.9 Å². The Morgan fingerprint density at radius 3 is 1.92 bits per heavy atom. The minimum absolute atomic E-state index is 0.00386. The molecule has 13 heteroatoms. The Morgan fingerprint density at radius 1 is 0.730 bits per heavy atom. The van der Waals surface area contributed by atoms with E-state index in [0.29, 0.717) is 16.5 Å². The quantitative estimate of drug-likeness (QED) is 0.0901. The second-order valence-corrected chi connectivity index (χ2v) is 14.6. The molecule has 0 amide bonds. The molecular formula is C24H10I5O7S-. The van der Waals surface area contributed by atoms with E-state index >= 15 is 0 Å². The summed E-state index contributed by atoms with van der Waals surface area (Å²) >= 11 is 9.74. The Labute approximate surface area is 279 Å². The maximum Gasteiger partial charge on any atom is 0.345 e. The van der Waals surface area contributed by atoms with Gasteiger partial charge < -0.3 is 14.0 Å². The van der Waals surface area contributed by atoms with E-state index in [9.17, 15) is 22.6 Å². The molecular weight excluding hydrogens is 1070 g/mol. The van der Waals surface area contributed by atoms with E-state index in [1.54, 1.807) is 75.5 Å². The molecule has 0 heterocycles. The highest BCUT2D eigenvalue weighted by molar-refractivity contribution is 14.1. The number of hydrogen-bond acceptors (Lipinski definition) is 7. The topological polar surface area (TPSA) is 110 Å². The second kappa shape index (κ2) is 12.0. The second-order valence-electron chi connectivity index (χ2n) is 7.36. The van der Waals surface area contributed by atoms with E-state index in [1.165, 1.54) is 18.2 Å². The van der Waals surface area contributed by atoms with Crippen LogP contribution in [-0.2, 0) is 10.1 Å². The Morgan fingerprint density at radius 2 is 1.32 bits per heavy atom. The fourth-order valence-corrected chi connectivity index (χ4v) is 11.2. The normalized spacial score (nSPS) is 11.4. The van der Waals surface area contributed by atoms with Gasteiger partial charge in [-0.05, 0) is 154 Å². The fraction of sp³-hybridized carbons (Fsp3) is 0. The van der Waals surface area contributed by atoms with Gasteiger partial charge >= 0.3 is 11.9 Å². The maximum absolute atomic E-state index is 13.5. The molecule has 37 heavy (non-hydrogen) atoms. The van der Waals surface area contributed by atoms with Crippen LogP contribution in [0.25, 0.3) is 10.8 Å².